The first-order valence-corrected chi connectivity index (χ1v) is 12.5. The van der Waals surface area contributed by atoms with Crippen molar-refractivity contribution in [3.8, 4) is 17.1 Å². The molecule has 1 unspecified atom stereocenters. The summed E-state index contributed by atoms with van der Waals surface area (Å²) < 4.78 is 1.73. The fourth-order valence-electron chi connectivity index (χ4n) is 5.21. The highest BCUT2D eigenvalue weighted by molar-refractivity contribution is 5.92. The van der Waals surface area contributed by atoms with Crippen LogP contribution in [-0.4, -0.2) is 61.2 Å². The number of aliphatic hydroxyl groups excluding tert-OH is 1. The van der Waals surface area contributed by atoms with Crippen molar-refractivity contribution in [3.05, 3.63) is 41.7 Å². The number of aryl methyl sites for hydroxylation is 2. The van der Waals surface area contributed by atoms with Crippen LogP contribution in [0.15, 0.2) is 30.5 Å². The van der Waals surface area contributed by atoms with Gasteiger partial charge >= 0.3 is 0 Å². The van der Waals surface area contributed by atoms with Crippen molar-refractivity contribution in [1.29, 1.82) is 0 Å². The van der Waals surface area contributed by atoms with Crippen molar-refractivity contribution in [3.63, 3.8) is 0 Å². The molecule has 0 aliphatic carbocycles. The van der Waals surface area contributed by atoms with Crippen LogP contribution >= 0.6 is 0 Å². The van der Waals surface area contributed by atoms with Crippen molar-refractivity contribution in [2.75, 3.05) is 18.0 Å². The number of aromatic nitrogens is 4. The lowest BCUT2D eigenvalue weighted by atomic mass is 10.0. The van der Waals surface area contributed by atoms with Crippen LogP contribution in [0, 0.1) is 6.92 Å². The minimum atomic E-state index is -0.990. The van der Waals surface area contributed by atoms with Gasteiger partial charge in [-0.2, -0.15) is 5.10 Å². The van der Waals surface area contributed by atoms with Crippen molar-refractivity contribution in [1.82, 2.24) is 30.4 Å². The molecule has 0 bridgehead atoms. The first-order chi connectivity index (χ1) is 17.1. The molecule has 190 valence electrons. The summed E-state index contributed by atoms with van der Waals surface area (Å²) in [4.78, 5) is 12.0. The summed E-state index contributed by atoms with van der Waals surface area (Å²) in [6, 6.07) is 8.79. The van der Waals surface area contributed by atoms with E-state index in [1.807, 2.05) is 46.1 Å². The standard InChI is InChI=1S/C27H35N7O2/c1-14(2)28-27(36)24-20-10-19(34-11-15(3)29-16(4)12-34)7-8-22(20)30-26(31-24)21-9-18-13-33(6)32-23(18)17(5)25(21)35/h7-10,13-16,27-29,35-36H,11-12H2,1-6H3/t15-,16+,27?. The monoisotopic (exact) mass is 489 g/mol. The summed E-state index contributed by atoms with van der Waals surface area (Å²) in [6.07, 6.45) is 0.917. The maximum Gasteiger partial charge on any atom is 0.163 e. The van der Waals surface area contributed by atoms with E-state index in [2.05, 4.69) is 46.6 Å². The average molecular weight is 490 g/mol. The van der Waals surface area contributed by atoms with Crippen molar-refractivity contribution < 1.29 is 10.2 Å². The van der Waals surface area contributed by atoms with Gasteiger partial charge in [0.25, 0.3) is 0 Å². The van der Waals surface area contributed by atoms with E-state index in [4.69, 9.17) is 9.97 Å². The Bertz CT molecular complexity index is 1420. The van der Waals surface area contributed by atoms with Gasteiger partial charge in [-0.15, -0.1) is 0 Å². The predicted octanol–water partition coefficient (Wildman–Crippen LogP) is 3.37. The van der Waals surface area contributed by atoms with Crippen molar-refractivity contribution in [2.24, 2.45) is 7.05 Å². The highest BCUT2D eigenvalue weighted by Gasteiger charge is 2.24. The third kappa shape index (κ3) is 4.50. The Labute approximate surface area is 211 Å². The van der Waals surface area contributed by atoms with Gasteiger partial charge in [-0.25, -0.2) is 9.97 Å². The number of nitrogens with one attached hydrogen (secondary N) is 2. The molecule has 5 rings (SSSR count). The van der Waals surface area contributed by atoms with Gasteiger partial charge in [0.05, 0.1) is 22.3 Å². The molecule has 4 N–H and O–H groups in total. The quantitative estimate of drug-likeness (QED) is 0.316. The van der Waals surface area contributed by atoms with Gasteiger partial charge in [0, 0.05) is 66.5 Å². The molecule has 0 spiro atoms. The van der Waals surface area contributed by atoms with Crippen molar-refractivity contribution >= 4 is 27.5 Å². The molecule has 1 aliphatic rings. The summed E-state index contributed by atoms with van der Waals surface area (Å²) >= 11 is 0. The number of anilines is 1. The first-order valence-electron chi connectivity index (χ1n) is 12.5. The third-order valence-corrected chi connectivity index (χ3v) is 6.75. The van der Waals surface area contributed by atoms with Crippen LogP contribution in [-0.2, 0) is 7.05 Å². The summed E-state index contributed by atoms with van der Waals surface area (Å²) in [5.41, 5.74) is 4.21. The van der Waals surface area contributed by atoms with Gasteiger partial charge in [-0.3, -0.25) is 10.00 Å². The highest BCUT2D eigenvalue weighted by atomic mass is 16.3. The smallest absolute Gasteiger partial charge is 0.163 e. The number of piperazine rings is 1. The normalized spacial score (nSPS) is 19.5. The Hall–Kier alpha value is -3.27. The van der Waals surface area contributed by atoms with Gasteiger partial charge in [-0.05, 0) is 58.9 Å². The van der Waals surface area contributed by atoms with Crippen LogP contribution in [0.1, 0.15) is 45.2 Å². The minimum absolute atomic E-state index is 0.0499. The van der Waals surface area contributed by atoms with Gasteiger partial charge < -0.3 is 20.4 Å². The van der Waals surface area contributed by atoms with Crippen LogP contribution in [0.2, 0.25) is 0 Å². The molecule has 1 saturated heterocycles. The van der Waals surface area contributed by atoms with E-state index in [0.29, 0.717) is 40.2 Å². The summed E-state index contributed by atoms with van der Waals surface area (Å²) in [5.74, 6) is 0.462. The number of benzene rings is 2. The zero-order valence-corrected chi connectivity index (χ0v) is 21.7. The van der Waals surface area contributed by atoms with E-state index in [-0.39, 0.29) is 11.8 Å². The number of aromatic hydroxyl groups is 1. The number of phenolic OH excluding ortho intramolecular Hbond substituents is 1. The molecule has 2 aromatic heterocycles. The molecule has 9 nitrogen and oxygen atoms in total. The lowest BCUT2D eigenvalue weighted by molar-refractivity contribution is 0.126. The highest BCUT2D eigenvalue weighted by Crippen LogP contribution is 2.37. The lowest BCUT2D eigenvalue weighted by Gasteiger charge is -2.37. The van der Waals surface area contributed by atoms with E-state index in [0.717, 1.165) is 35.1 Å². The van der Waals surface area contributed by atoms with Crippen LogP contribution in [0.3, 0.4) is 0 Å². The molecule has 0 amide bonds. The first kappa shape index (κ1) is 24.4. The molecular weight excluding hydrogens is 454 g/mol. The number of hydrogen-bond acceptors (Lipinski definition) is 8. The van der Waals surface area contributed by atoms with E-state index in [9.17, 15) is 10.2 Å². The topological polar surface area (TPSA) is 111 Å². The van der Waals surface area contributed by atoms with E-state index in [1.54, 1.807) is 4.68 Å². The second-order valence-corrected chi connectivity index (χ2v) is 10.4. The SMILES string of the molecule is Cc1c(O)c(-c2nc(C(O)NC(C)C)c3cc(N4C[C@@H](C)N[C@@H](C)C4)ccc3n2)cc2cn(C)nc12. The number of phenols is 1. The minimum Gasteiger partial charge on any atom is -0.507 e. The second-order valence-electron chi connectivity index (χ2n) is 10.4. The zero-order chi connectivity index (χ0) is 25.7. The molecule has 0 radical (unpaired) electrons. The van der Waals surface area contributed by atoms with Crippen LogP contribution in [0.4, 0.5) is 5.69 Å². The van der Waals surface area contributed by atoms with Crippen molar-refractivity contribution in [2.45, 2.75) is 59.0 Å². The Morgan fingerprint density at radius 2 is 1.83 bits per heavy atom. The molecule has 4 aromatic rings. The number of nitrogens with zero attached hydrogens (tertiary/aromatic N) is 5. The van der Waals surface area contributed by atoms with E-state index < -0.39 is 6.23 Å². The zero-order valence-electron chi connectivity index (χ0n) is 21.7. The third-order valence-electron chi connectivity index (χ3n) is 6.75. The Balaban J connectivity index is 1.67. The number of rotatable bonds is 5. The molecule has 3 heterocycles. The van der Waals surface area contributed by atoms with Gasteiger partial charge in [0.1, 0.15) is 12.0 Å². The summed E-state index contributed by atoms with van der Waals surface area (Å²) in [6.45, 7) is 12.0. The van der Waals surface area contributed by atoms with Gasteiger partial charge in [-0.1, -0.05) is 0 Å². The molecule has 2 aromatic carbocycles. The molecular formula is C27H35N7O2. The molecule has 3 atom stereocenters. The average Bonchev–Trinajstić information content (AvgIpc) is 3.19. The Morgan fingerprint density at radius 1 is 1.11 bits per heavy atom. The van der Waals surface area contributed by atoms with Crippen LogP contribution < -0.4 is 15.5 Å². The second kappa shape index (κ2) is 9.31. The Kier molecular flexibility index (Phi) is 6.32. The molecule has 9 heteroatoms. The van der Waals surface area contributed by atoms with E-state index in [1.165, 1.54) is 0 Å². The Morgan fingerprint density at radius 3 is 2.53 bits per heavy atom. The maximum atomic E-state index is 11.1. The molecule has 1 fully saturated rings. The molecule has 1 aliphatic heterocycles. The summed E-state index contributed by atoms with van der Waals surface area (Å²) in [7, 11) is 1.85. The largest absolute Gasteiger partial charge is 0.507 e. The lowest BCUT2D eigenvalue weighted by Crippen LogP contribution is -2.54. The van der Waals surface area contributed by atoms with Crippen LogP contribution in [0.5, 0.6) is 5.75 Å². The fraction of sp³-hybridized carbons (Fsp3) is 0.444. The molecule has 0 saturated carbocycles. The van der Waals surface area contributed by atoms with Gasteiger partial charge in [0.15, 0.2) is 5.82 Å². The number of hydrogen-bond donors (Lipinski definition) is 4. The number of aliphatic hydroxyl groups is 1. The van der Waals surface area contributed by atoms with E-state index >= 15 is 0 Å². The number of fused-ring (bicyclic) bond motifs is 2. The fourth-order valence-corrected chi connectivity index (χ4v) is 5.21. The summed E-state index contributed by atoms with van der Waals surface area (Å²) in [5, 5.41) is 35.1. The van der Waals surface area contributed by atoms with Gasteiger partial charge in [0.2, 0.25) is 0 Å². The maximum absolute atomic E-state index is 11.1. The van der Waals surface area contributed by atoms with Crippen LogP contribution in [0.25, 0.3) is 33.2 Å². The molecule has 36 heavy (non-hydrogen) atoms. The predicted molar refractivity (Wildman–Crippen MR) is 143 cm³/mol.